The highest BCUT2D eigenvalue weighted by atomic mass is 19.1. The van der Waals surface area contributed by atoms with Crippen LogP contribution in [0.5, 0.6) is 0 Å². The first kappa shape index (κ1) is 14.1. The lowest BCUT2D eigenvalue weighted by molar-refractivity contribution is -0.387. The highest BCUT2D eigenvalue weighted by molar-refractivity contribution is 5.36. The predicted octanol–water partition coefficient (Wildman–Crippen LogP) is 2.03. The largest absolute Gasteiger partial charge is 0.311 e. The lowest BCUT2D eigenvalue weighted by Gasteiger charge is -2.06. The quantitative estimate of drug-likeness (QED) is 0.498. The molecule has 0 fully saturated rings. The van der Waals surface area contributed by atoms with Crippen molar-refractivity contribution in [2.45, 2.75) is 20.0 Å². The van der Waals surface area contributed by atoms with Gasteiger partial charge in [0.2, 0.25) is 5.82 Å². The van der Waals surface area contributed by atoms with Crippen LogP contribution in [0.3, 0.4) is 0 Å². The van der Waals surface area contributed by atoms with Gasteiger partial charge in [0.15, 0.2) is 0 Å². The molecule has 0 saturated heterocycles. The van der Waals surface area contributed by atoms with Gasteiger partial charge in [0, 0.05) is 30.9 Å². The molecule has 0 amide bonds. The molecular weight excluding hydrogens is 263 g/mol. The van der Waals surface area contributed by atoms with E-state index in [1.165, 1.54) is 12.1 Å². The molecule has 1 N–H and O–H groups in total. The van der Waals surface area contributed by atoms with Crippen molar-refractivity contribution < 1.29 is 9.31 Å². The molecule has 2 aromatic rings. The van der Waals surface area contributed by atoms with Crippen molar-refractivity contribution in [2.24, 2.45) is 0 Å². The van der Waals surface area contributed by atoms with Crippen LogP contribution in [0.4, 0.5) is 10.1 Å². The highest BCUT2D eigenvalue weighted by Gasteiger charge is 2.16. The number of halogens is 1. The molecule has 6 nitrogen and oxygen atoms in total. The van der Waals surface area contributed by atoms with E-state index in [-0.39, 0.29) is 12.1 Å². The van der Waals surface area contributed by atoms with Crippen LogP contribution >= 0.6 is 0 Å². The number of nitro groups is 1. The molecule has 0 aliphatic heterocycles. The van der Waals surface area contributed by atoms with Gasteiger partial charge in [0.1, 0.15) is 0 Å². The van der Waals surface area contributed by atoms with Crippen molar-refractivity contribution in [3.05, 3.63) is 57.7 Å². The Balaban J connectivity index is 1.88. The molecule has 7 heteroatoms. The number of hydrogen-bond donors (Lipinski definition) is 1. The van der Waals surface area contributed by atoms with Crippen LogP contribution in [0, 0.1) is 22.9 Å². The molecule has 106 valence electrons. The standard InChI is InChI=1S/C13H15FN4O2/c1-10-7-16-17(9-10)6-5-15-8-11-3-2-4-12(13(11)14)18(19)20/h2-4,7,9,15H,5-6,8H2,1H3. The van der Waals surface area contributed by atoms with E-state index in [0.29, 0.717) is 13.1 Å². The van der Waals surface area contributed by atoms with Gasteiger partial charge in [-0.05, 0) is 12.5 Å². The lowest BCUT2D eigenvalue weighted by atomic mass is 10.2. The molecule has 0 saturated carbocycles. The third-order valence-electron chi connectivity index (χ3n) is 2.85. The van der Waals surface area contributed by atoms with E-state index in [9.17, 15) is 14.5 Å². The van der Waals surface area contributed by atoms with Gasteiger partial charge in [0.05, 0.1) is 17.7 Å². The molecule has 0 bridgehead atoms. The topological polar surface area (TPSA) is 73.0 Å². The third-order valence-corrected chi connectivity index (χ3v) is 2.85. The molecule has 0 aliphatic carbocycles. The van der Waals surface area contributed by atoms with E-state index in [1.807, 2.05) is 13.1 Å². The fourth-order valence-corrected chi connectivity index (χ4v) is 1.85. The summed E-state index contributed by atoms with van der Waals surface area (Å²) in [5.74, 6) is -0.778. The van der Waals surface area contributed by atoms with E-state index >= 15 is 0 Å². The number of benzene rings is 1. The number of rotatable bonds is 6. The fraction of sp³-hybridized carbons (Fsp3) is 0.308. The summed E-state index contributed by atoms with van der Waals surface area (Å²) in [6, 6.07) is 4.17. The van der Waals surface area contributed by atoms with Crippen molar-refractivity contribution in [1.29, 1.82) is 0 Å². The second-order valence-electron chi connectivity index (χ2n) is 4.46. The molecule has 0 radical (unpaired) electrons. The van der Waals surface area contributed by atoms with E-state index in [2.05, 4.69) is 10.4 Å². The minimum atomic E-state index is -0.778. The third kappa shape index (κ3) is 3.39. The van der Waals surface area contributed by atoms with E-state index in [1.54, 1.807) is 10.9 Å². The first-order valence-electron chi connectivity index (χ1n) is 6.19. The molecule has 0 unspecified atom stereocenters. The molecule has 1 aromatic carbocycles. The van der Waals surface area contributed by atoms with Gasteiger partial charge >= 0.3 is 5.69 Å². The van der Waals surface area contributed by atoms with Crippen molar-refractivity contribution >= 4 is 5.69 Å². The summed E-state index contributed by atoms with van der Waals surface area (Å²) in [4.78, 5) is 9.91. The molecule has 1 aromatic heterocycles. The lowest BCUT2D eigenvalue weighted by Crippen LogP contribution is -2.20. The van der Waals surface area contributed by atoms with E-state index in [0.717, 1.165) is 11.6 Å². The average molecular weight is 278 g/mol. The van der Waals surface area contributed by atoms with Gasteiger partial charge < -0.3 is 5.32 Å². The van der Waals surface area contributed by atoms with Gasteiger partial charge in [-0.2, -0.15) is 9.49 Å². The molecule has 1 heterocycles. The molecule has 2 rings (SSSR count). The summed E-state index contributed by atoms with van der Waals surface area (Å²) in [7, 11) is 0. The summed E-state index contributed by atoms with van der Waals surface area (Å²) in [6.45, 7) is 3.46. The predicted molar refractivity (Wildman–Crippen MR) is 71.7 cm³/mol. The summed E-state index contributed by atoms with van der Waals surface area (Å²) in [5, 5.41) is 17.8. The Morgan fingerprint density at radius 3 is 2.95 bits per heavy atom. The first-order valence-corrected chi connectivity index (χ1v) is 6.19. The van der Waals surface area contributed by atoms with Crippen LogP contribution in [0.15, 0.2) is 30.6 Å². The Labute approximate surface area is 115 Å². The Morgan fingerprint density at radius 1 is 1.50 bits per heavy atom. The van der Waals surface area contributed by atoms with Crippen LogP contribution in [-0.2, 0) is 13.1 Å². The number of nitro benzene ring substituents is 1. The second kappa shape index (κ2) is 6.25. The van der Waals surface area contributed by atoms with Crippen LogP contribution in [0.1, 0.15) is 11.1 Å². The smallest absolute Gasteiger partial charge is 0.305 e. The van der Waals surface area contributed by atoms with Crippen molar-refractivity contribution in [2.75, 3.05) is 6.54 Å². The summed E-state index contributed by atoms with van der Waals surface area (Å²) in [5.41, 5.74) is 0.873. The molecular formula is C13H15FN4O2. The summed E-state index contributed by atoms with van der Waals surface area (Å²) >= 11 is 0. The van der Waals surface area contributed by atoms with Crippen LogP contribution in [0.25, 0.3) is 0 Å². The maximum atomic E-state index is 13.8. The van der Waals surface area contributed by atoms with Crippen molar-refractivity contribution in [3.63, 3.8) is 0 Å². The van der Waals surface area contributed by atoms with Gasteiger partial charge in [-0.3, -0.25) is 14.8 Å². The minimum absolute atomic E-state index is 0.244. The number of nitrogens with zero attached hydrogens (tertiary/aromatic N) is 3. The molecule has 20 heavy (non-hydrogen) atoms. The Hall–Kier alpha value is -2.28. The van der Waals surface area contributed by atoms with Crippen LogP contribution in [-0.4, -0.2) is 21.2 Å². The zero-order chi connectivity index (χ0) is 14.5. The summed E-state index contributed by atoms with van der Waals surface area (Å²) < 4.78 is 15.6. The van der Waals surface area contributed by atoms with Crippen LogP contribution in [0.2, 0.25) is 0 Å². The van der Waals surface area contributed by atoms with E-state index < -0.39 is 16.4 Å². The summed E-state index contributed by atoms with van der Waals surface area (Å²) in [6.07, 6.45) is 3.68. The van der Waals surface area contributed by atoms with Crippen molar-refractivity contribution in [1.82, 2.24) is 15.1 Å². The highest BCUT2D eigenvalue weighted by Crippen LogP contribution is 2.19. The number of aromatic nitrogens is 2. The molecule has 0 spiro atoms. The van der Waals surface area contributed by atoms with Crippen molar-refractivity contribution in [3.8, 4) is 0 Å². The number of nitrogens with one attached hydrogen (secondary N) is 1. The monoisotopic (exact) mass is 278 g/mol. The Morgan fingerprint density at radius 2 is 2.30 bits per heavy atom. The second-order valence-corrected chi connectivity index (χ2v) is 4.46. The maximum absolute atomic E-state index is 13.8. The average Bonchev–Trinajstić information content (AvgIpc) is 2.82. The minimum Gasteiger partial charge on any atom is -0.311 e. The van der Waals surface area contributed by atoms with E-state index in [4.69, 9.17) is 0 Å². The Kier molecular flexibility index (Phi) is 4.41. The maximum Gasteiger partial charge on any atom is 0.305 e. The first-order chi connectivity index (χ1) is 9.58. The zero-order valence-corrected chi connectivity index (χ0v) is 11.0. The van der Waals surface area contributed by atoms with Crippen LogP contribution < -0.4 is 5.32 Å². The zero-order valence-electron chi connectivity index (χ0n) is 11.0. The SMILES string of the molecule is Cc1cnn(CCNCc2cccc([N+](=O)[O-])c2F)c1. The number of aryl methyl sites for hydroxylation is 1. The molecule has 0 atom stereocenters. The van der Waals surface area contributed by atoms with Gasteiger partial charge in [0.25, 0.3) is 0 Å². The van der Waals surface area contributed by atoms with Gasteiger partial charge in [-0.25, -0.2) is 0 Å². The molecule has 0 aliphatic rings. The van der Waals surface area contributed by atoms with Gasteiger partial charge in [-0.15, -0.1) is 0 Å². The Bertz CT molecular complexity index is 612. The van der Waals surface area contributed by atoms with Gasteiger partial charge in [-0.1, -0.05) is 12.1 Å². The fourth-order valence-electron chi connectivity index (χ4n) is 1.85. The number of hydrogen-bond acceptors (Lipinski definition) is 4. The normalized spacial score (nSPS) is 10.7.